The average Bonchev–Trinajstić information content (AvgIpc) is 3.64. The van der Waals surface area contributed by atoms with Crippen LogP contribution in [0.5, 0.6) is 5.75 Å². The van der Waals surface area contributed by atoms with E-state index in [0.717, 1.165) is 30.5 Å². The van der Waals surface area contributed by atoms with Crippen LogP contribution in [0.3, 0.4) is 0 Å². The van der Waals surface area contributed by atoms with Crippen LogP contribution in [0.1, 0.15) is 30.3 Å². The van der Waals surface area contributed by atoms with Gasteiger partial charge in [0.25, 0.3) is 5.56 Å². The highest BCUT2D eigenvalue weighted by atomic mass is 32.2. The van der Waals surface area contributed by atoms with Gasteiger partial charge in [0, 0.05) is 12.1 Å². The van der Waals surface area contributed by atoms with Crippen LogP contribution in [0.15, 0.2) is 81.2 Å². The van der Waals surface area contributed by atoms with Crippen LogP contribution in [-0.2, 0) is 12.4 Å². The third-order valence-corrected chi connectivity index (χ3v) is 6.92. The van der Waals surface area contributed by atoms with Gasteiger partial charge in [-0.2, -0.15) is 4.98 Å². The Balaban J connectivity index is 1.24. The SMILES string of the molecule is O=c1c2cc(F)c(F)cc2nc(SCc2nc(-c3ccccc3OCc3ccccc3)no2)n1C1CC1. The predicted molar refractivity (Wildman–Crippen MR) is 134 cm³/mol. The molecule has 0 spiro atoms. The van der Waals surface area contributed by atoms with Crippen molar-refractivity contribution in [2.75, 3.05) is 0 Å². The second kappa shape index (κ2) is 9.78. The van der Waals surface area contributed by atoms with Gasteiger partial charge in [-0.1, -0.05) is 59.4 Å². The van der Waals surface area contributed by atoms with Crippen molar-refractivity contribution in [2.24, 2.45) is 0 Å². The molecule has 1 aliphatic rings. The molecule has 0 saturated heterocycles. The van der Waals surface area contributed by atoms with E-state index >= 15 is 0 Å². The van der Waals surface area contributed by atoms with Gasteiger partial charge >= 0.3 is 0 Å². The second-order valence-corrected chi connectivity index (χ2v) is 9.60. The first-order valence-electron chi connectivity index (χ1n) is 11.7. The molecule has 7 nitrogen and oxygen atoms in total. The first-order chi connectivity index (χ1) is 18.1. The summed E-state index contributed by atoms with van der Waals surface area (Å²) in [6.07, 6.45) is 1.66. The topological polar surface area (TPSA) is 83.0 Å². The maximum Gasteiger partial charge on any atom is 0.262 e. The van der Waals surface area contributed by atoms with Gasteiger partial charge in [-0.05, 0) is 36.6 Å². The Labute approximate surface area is 214 Å². The minimum atomic E-state index is -1.07. The zero-order valence-electron chi connectivity index (χ0n) is 19.4. The van der Waals surface area contributed by atoms with Crippen molar-refractivity contribution in [2.45, 2.75) is 36.4 Å². The summed E-state index contributed by atoms with van der Waals surface area (Å²) in [6.45, 7) is 0.398. The highest BCUT2D eigenvalue weighted by Crippen LogP contribution is 2.37. The van der Waals surface area contributed by atoms with Crippen LogP contribution >= 0.6 is 11.8 Å². The Kier molecular flexibility index (Phi) is 6.17. The van der Waals surface area contributed by atoms with E-state index in [1.54, 1.807) is 4.57 Å². The number of para-hydroxylation sites is 1. The fraction of sp³-hybridized carbons (Fsp3) is 0.185. The van der Waals surface area contributed by atoms with E-state index in [2.05, 4.69) is 15.1 Å². The molecule has 5 aromatic rings. The maximum atomic E-state index is 13.8. The molecular weight excluding hydrogens is 498 g/mol. The van der Waals surface area contributed by atoms with Gasteiger partial charge in [0.15, 0.2) is 16.8 Å². The minimum Gasteiger partial charge on any atom is -0.488 e. The summed E-state index contributed by atoms with van der Waals surface area (Å²) in [4.78, 5) is 22.0. The van der Waals surface area contributed by atoms with Crippen molar-refractivity contribution in [3.8, 4) is 17.1 Å². The van der Waals surface area contributed by atoms with Gasteiger partial charge in [0.1, 0.15) is 12.4 Å². The standard InChI is InChI=1S/C27H20F2N4O3S/c28-20-12-19-22(13-21(20)29)30-27(33(26(19)34)17-10-11-17)37-15-24-31-25(32-36-24)18-8-4-5-9-23(18)35-14-16-6-2-1-3-7-16/h1-9,12-13,17H,10-11,14-15H2. The number of hydrogen-bond acceptors (Lipinski definition) is 7. The van der Waals surface area contributed by atoms with Gasteiger partial charge in [0.2, 0.25) is 11.7 Å². The zero-order valence-corrected chi connectivity index (χ0v) is 20.3. The fourth-order valence-corrected chi connectivity index (χ4v) is 4.90. The number of nitrogens with zero attached hydrogens (tertiary/aromatic N) is 4. The number of halogens is 2. The van der Waals surface area contributed by atoms with Crippen LogP contribution in [0.4, 0.5) is 8.78 Å². The first-order valence-corrected chi connectivity index (χ1v) is 12.7. The van der Waals surface area contributed by atoms with Crippen molar-refractivity contribution < 1.29 is 18.0 Å². The number of hydrogen-bond donors (Lipinski definition) is 0. The molecule has 0 unspecified atom stereocenters. The third-order valence-electron chi connectivity index (χ3n) is 5.98. The van der Waals surface area contributed by atoms with E-state index in [1.165, 1.54) is 11.8 Å². The molecule has 1 fully saturated rings. The number of fused-ring (bicyclic) bond motifs is 1. The molecule has 2 aromatic heterocycles. The van der Waals surface area contributed by atoms with E-state index in [4.69, 9.17) is 9.26 Å². The summed E-state index contributed by atoms with van der Waals surface area (Å²) >= 11 is 1.24. The summed E-state index contributed by atoms with van der Waals surface area (Å²) in [5.74, 6) is -0.536. The molecule has 3 aromatic carbocycles. The lowest BCUT2D eigenvalue weighted by Gasteiger charge is -2.11. The van der Waals surface area contributed by atoms with Gasteiger partial charge in [-0.15, -0.1) is 0 Å². The molecule has 0 aliphatic heterocycles. The summed E-state index contributed by atoms with van der Waals surface area (Å²) in [6, 6.07) is 19.1. The van der Waals surface area contributed by atoms with Crippen molar-refractivity contribution in [3.63, 3.8) is 0 Å². The van der Waals surface area contributed by atoms with Gasteiger partial charge < -0.3 is 9.26 Å². The number of rotatable bonds is 8. The fourth-order valence-electron chi connectivity index (χ4n) is 3.99. The van der Waals surface area contributed by atoms with Crippen molar-refractivity contribution in [1.29, 1.82) is 0 Å². The van der Waals surface area contributed by atoms with Crippen LogP contribution in [0.2, 0.25) is 0 Å². The van der Waals surface area contributed by atoms with E-state index in [-0.39, 0.29) is 28.3 Å². The Morgan fingerprint density at radius 3 is 2.57 bits per heavy atom. The smallest absolute Gasteiger partial charge is 0.262 e. The van der Waals surface area contributed by atoms with Crippen molar-refractivity contribution in [1.82, 2.24) is 19.7 Å². The Hall–Kier alpha value is -4.05. The van der Waals surface area contributed by atoms with E-state index in [9.17, 15) is 13.6 Å². The van der Waals surface area contributed by atoms with E-state index in [1.807, 2.05) is 54.6 Å². The van der Waals surface area contributed by atoms with E-state index in [0.29, 0.717) is 34.8 Å². The molecule has 0 radical (unpaired) electrons. The predicted octanol–water partition coefficient (Wildman–Crippen LogP) is 5.93. The molecule has 1 aliphatic carbocycles. The molecule has 37 heavy (non-hydrogen) atoms. The Morgan fingerprint density at radius 2 is 1.76 bits per heavy atom. The minimum absolute atomic E-state index is 0.00750. The summed E-state index contributed by atoms with van der Waals surface area (Å²) in [5, 5.41) is 4.57. The monoisotopic (exact) mass is 518 g/mol. The summed E-state index contributed by atoms with van der Waals surface area (Å²) in [7, 11) is 0. The van der Waals surface area contributed by atoms with Gasteiger partial charge in [0.05, 0.1) is 22.2 Å². The van der Waals surface area contributed by atoms with Crippen LogP contribution < -0.4 is 10.3 Å². The molecule has 186 valence electrons. The molecule has 2 heterocycles. The molecular formula is C27H20F2N4O3S. The highest BCUT2D eigenvalue weighted by Gasteiger charge is 2.29. The largest absolute Gasteiger partial charge is 0.488 e. The molecule has 0 atom stereocenters. The molecule has 0 N–H and O–H groups in total. The number of thioether (sulfide) groups is 1. The number of ether oxygens (including phenoxy) is 1. The lowest BCUT2D eigenvalue weighted by atomic mass is 10.2. The number of aromatic nitrogens is 4. The van der Waals surface area contributed by atoms with E-state index < -0.39 is 11.6 Å². The molecule has 0 amide bonds. The van der Waals surface area contributed by atoms with Crippen molar-refractivity contribution >= 4 is 22.7 Å². The van der Waals surface area contributed by atoms with Gasteiger partial charge in [-0.25, -0.2) is 13.8 Å². The molecule has 10 heteroatoms. The summed E-state index contributed by atoms with van der Waals surface area (Å²) < 4.78 is 40.6. The average molecular weight is 519 g/mol. The molecule has 1 saturated carbocycles. The quantitative estimate of drug-likeness (QED) is 0.186. The molecule has 0 bridgehead atoms. The van der Waals surface area contributed by atoms with Crippen molar-refractivity contribution in [3.05, 3.63) is 100 Å². The maximum absolute atomic E-state index is 13.8. The van der Waals surface area contributed by atoms with Crippen LogP contribution in [0, 0.1) is 11.6 Å². The highest BCUT2D eigenvalue weighted by molar-refractivity contribution is 7.98. The normalized spacial score (nSPS) is 13.2. The Morgan fingerprint density at radius 1 is 1.00 bits per heavy atom. The van der Waals surface area contributed by atoms with Crippen LogP contribution in [-0.4, -0.2) is 19.7 Å². The first kappa shape index (κ1) is 23.4. The number of benzene rings is 3. The summed E-state index contributed by atoms with van der Waals surface area (Å²) in [5.41, 5.74) is 1.45. The molecule has 6 rings (SSSR count). The third kappa shape index (κ3) is 4.84. The second-order valence-electron chi connectivity index (χ2n) is 8.66. The van der Waals surface area contributed by atoms with Crippen LogP contribution in [0.25, 0.3) is 22.3 Å². The lowest BCUT2D eigenvalue weighted by molar-refractivity contribution is 0.307. The lowest BCUT2D eigenvalue weighted by Crippen LogP contribution is -2.22. The zero-order chi connectivity index (χ0) is 25.4. The van der Waals surface area contributed by atoms with Gasteiger partial charge in [-0.3, -0.25) is 9.36 Å². The Bertz CT molecular complexity index is 1650.